The average Bonchev–Trinajstić information content (AvgIpc) is 3.01. The van der Waals surface area contributed by atoms with E-state index in [-0.39, 0.29) is 11.6 Å². The number of nitro groups is 1. The summed E-state index contributed by atoms with van der Waals surface area (Å²) in [4.78, 5) is 26.3. The van der Waals surface area contributed by atoms with Crippen molar-refractivity contribution in [1.82, 2.24) is 10.3 Å². The number of hydrogen-bond donors (Lipinski definition) is 2. The topological polar surface area (TPSA) is 111 Å². The first kappa shape index (κ1) is 16.1. The second-order valence-electron chi connectivity index (χ2n) is 4.59. The number of aromatic nitrogens is 1. The summed E-state index contributed by atoms with van der Waals surface area (Å²) in [6.07, 6.45) is 1.70. The number of thiazole rings is 1. The molecule has 0 fully saturated rings. The molecule has 1 amide bonds. The van der Waals surface area contributed by atoms with Gasteiger partial charge in [0.2, 0.25) is 0 Å². The van der Waals surface area contributed by atoms with Gasteiger partial charge in [-0.3, -0.25) is 14.9 Å². The van der Waals surface area contributed by atoms with Gasteiger partial charge in [0, 0.05) is 29.6 Å². The Morgan fingerprint density at radius 1 is 1.32 bits per heavy atom. The highest BCUT2D eigenvalue weighted by Gasteiger charge is 2.12. The SMILES string of the molecule is NCCCCNC(=O)c1csc(-c2ccc([N+](=O)[O-])cc2)n1. The number of benzene rings is 1. The Labute approximate surface area is 131 Å². The monoisotopic (exact) mass is 320 g/mol. The van der Waals surface area contributed by atoms with Crippen LogP contribution >= 0.6 is 11.3 Å². The summed E-state index contributed by atoms with van der Waals surface area (Å²) in [7, 11) is 0. The summed E-state index contributed by atoms with van der Waals surface area (Å²) < 4.78 is 0. The molecule has 0 aliphatic rings. The molecule has 0 saturated carbocycles. The quantitative estimate of drug-likeness (QED) is 0.461. The fourth-order valence-corrected chi connectivity index (χ4v) is 2.60. The molecule has 8 heteroatoms. The van der Waals surface area contributed by atoms with Crippen LogP contribution in [0.1, 0.15) is 23.3 Å². The van der Waals surface area contributed by atoms with Crippen molar-refractivity contribution in [3.63, 3.8) is 0 Å². The Kier molecular flexibility index (Phi) is 5.56. The Morgan fingerprint density at radius 2 is 2.05 bits per heavy atom. The molecule has 1 heterocycles. The zero-order valence-electron chi connectivity index (χ0n) is 11.8. The van der Waals surface area contributed by atoms with Crippen molar-refractivity contribution in [1.29, 1.82) is 0 Å². The van der Waals surface area contributed by atoms with Crippen molar-refractivity contribution in [2.24, 2.45) is 5.73 Å². The van der Waals surface area contributed by atoms with Crippen molar-refractivity contribution in [3.05, 3.63) is 45.5 Å². The number of nitrogens with zero attached hydrogens (tertiary/aromatic N) is 2. The number of nitro benzene ring substituents is 1. The Hall–Kier alpha value is -2.32. The molecule has 0 atom stereocenters. The predicted molar refractivity (Wildman–Crippen MR) is 84.8 cm³/mol. The van der Waals surface area contributed by atoms with Crippen LogP contribution in [0.2, 0.25) is 0 Å². The number of hydrogen-bond acceptors (Lipinski definition) is 6. The fraction of sp³-hybridized carbons (Fsp3) is 0.286. The van der Waals surface area contributed by atoms with Gasteiger partial charge in [-0.1, -0.05) is 0 Å². The van der Waals surface area contributed by atoms with E-state index < -0.39 is 4.92 Å². The molecule has 0 bridgehead atoms. The van der Waals surface area contributed by atoms with Crippen molar-refractivity contribution >= 4 is 22.9 Å². The number of unbranched alkanes of at least 4 members (excludes halogenated alkanes) is 1. The largest absolute Gasteiger partial charge is 0.351 e. The van der Waals surface area contributed by atoms with Crippen LogP contribution in [0.3, 0.4) is 0 Å². The van der Waals surface area contributed by atoms with Gasteiger partial charge in [0.1, 0.15) is 10.7 Å². The molecule has 0 aliphatic heterocycles. The molecule has 7 nitrogen and oxygen atoms in total. The third kappa shape index (κ3) is 4.09. The fourth-order valence-electron chi connectivity index (χ4n) is 1.80. The standard InChI is InChI=1S/C14H16N4O3S/c15-7-1-2-8-16-13(19)12-9-22-14(17-12)10-3-5-11(6-4-10)18(20)21/h3-6,9H,1-2,7-8,15H2,(H,16,19). The van der Waals surface area contributed by atoms with Crippen LogP contribution in [0.4, 0.5) is 5.69 Å². The molecule has 0 saturated heterocycles. The number of carbonyl (C=O) groups excluding carboxylic acids is 1. The van der Waals surface area contributed by atoms with Crippen molar-refractivity contribution in [3.8, 4) is 10.6 Å². The van der Waals surface area contributed by atoms with E-state index in [1.54, 1.807) is 17.5 Å². The van der Waals surface area contributed by atoms with E-state index in [0.29, 0.717) is 23.8 Å². The number of nitrogens with two attached hydrogens (primary N) is 1. The second-order valence-corrected chi connectivity index (χ2v) is 5.45. The molecule has 2 aromatic rings. The molecule has 0 aliphatic carbocycles. The Balaban J connectivity index is 2.01. The molecule has 0 spiro atoms. The molecule has 2 rings (SSSR count). The third-order valence-corrected chi connectivity index (χ3v) is 3.87. The maximum Gasteiger partial charge on any atom is 0.270 e. The number of carbonyl (C=O) groups is 1. The van der Waals surface area contributed by atoms with Gasteiger partial charge in [-0.05, 0) is 31.5 Å². The predicted octanol–water partition coefficient (Wildman–Crippen LogP) is 2.19. The highest BCUT2D eigenvalue weighted by atomic mass is 32.1. The van der Waals surface area contributed by atoms with E-state index in [1.807, 2.05) is 0 Å². The van der Waals surface area contributed by atoms with Gasteiger partial charge in [0.15, 0.2) is 0 Å². The smallest absolute Gasteiger partial charge is 0.270 e. The van der Waals surface area contributed by atoms with E-state index in [0.717, 1.165) is 18.4 Å². The summed E-state index contributed by atoms with van der Waals surface area (Å²) in [5.74, 6) is -0.221. The van der Waals surface area contributed by atoms with Gasteiger partial charge in [0.05, 0.1) is 4.92 Å². The van der Waals surface area contributed by atoms with Crippen LogP contribution in [0.5, 0.6) is 0 Å². The van der Waals surface area contributed by atoms with E-state index in [2.05, 4.69) is 10.3 Å². The molecule has 1 aromatic heterocycles. The van der Waals surface area contributed by atoms with Gasteiger partial charge in [-0.2, -0.15) is 0 Å². The molecule has 3 N–H and O–H groups in total. The first-order valence-electron chi connectivity index (χ1n) is 6.80. The minimum absolute atomic E-state index is 0.0261. The van der Waals surface area contributed by atoms with E-state index in [1.165, 1.54) is 23.5 Å². The van der Waals surface area contributed by atoms with Crippen molar-refractivity contribution in [2.75, 3.05) is 13.1 Å². The maximum atomic E-state index is 11.9. The van der Waals surface area contributed by atoms with Gasteiger partial charge >= 0.3 is 0 Å². The molecule has 116 valence electrons. The van der Waals surface area contributed by atoms with Crippen LogP contribution in [-0.4, -0.2) is 28.9 Å². The first-order valence-corrected chi connectivity index (χ1v) is 7.68. The normalized spacial score (nSPS) is 10.4. The molecular weight excluding hydrogens is 304 g/mol. The lowest BCUT2D eigenvalue weighted by atomic mass is 10.2. The molecular formula is C14H16N4O3S. The van der Waals surface area contributed by atoms with Crippen molar-refractivity contribution < 1.29 is 9.72 Å². The van der Waals surface area contributed by atoms with Gasteiger partial charge < -0.3 is 11.1 Å². The van der Waals surface area contributed by atoms with Crippen LogP contribution in [0, 0.1) is 10.1 Å². The van der Waals surface area contributed by atoms with Gasteiger partial charge in [-0.15, -0.1) is 11.3 Å². The highest BCUT2D eigenvalue weighted by molar-refractivity contribution is 7.13. The Morgan fingerprint density at radius 3 is 2.68 bits per heavy atom. The number of amides is 1. The number of nitrogens with one attached hydrogen (secondary N) is 1. The molecule has 22 heavy (non-hydrogen) atoms. The third-order valence-electron chi connectivity index (χ3n) is 2.98. The lowest BCUT2D eigenvalue weighted by Gasteiger charge is -2.01. The summed E-state index contributed by atoms with van der Waals surface area (Å²) >= 11 is 1.33. The first-order chi connectivity index (χ1) is 10.6. The summed E-state index contributed by atoms with van der Waals surface area (Å²) in [6, 6.07) is 6.09. The number of rotatable bonds is 7. The van der Waals surface area contributed by atoms with Crippen LogP contribution in [0.15, 0.2) is 29.6 Å². The van der Waals surface area contributed by atoms with E-state index in [4.69, 9.17) is 5.73 Å². The summed E-state index contributed by atoms with van der Waals surface area (Å²) in [5, 5.41) is 15.7. The maximum absolute atomic E-state index is 11.9. The minimum Gasteiger partial charge on any atom is -0.351 e. The van der Waals surface area contributed by atoms with Crippen molar-refractivity contribution in [2.45, 2.75) is 12.8 Å². The summed E-state index contributed by atoms with van der Waals surface area (Å²) in [6.45, 7) is 1.18. The zero-order chi connectivity index (χ0) is 15.9. The van der Waals surface area contributed by atoms with Crippen LogP contribution < -0.4 is 11.1 Å². The zero-order valence-corrected chi connectivity index (χ0v) is 12.6. The number of non-ortho nitro benzene ring substituents is 1. The van der Waals surface area contributed by atoms with Crippen LogP contribution in [0.25, 0.3) is 10.6 Å². The van der Waals surface area contributed by atoms with E-state index >= 15 is 0 Å². The lowest BCUT2D eigenvalue weighted by Crippen LogP contribution is -2.25. The average molecular weight is 320 g/mol. The van der Waals surface area contributed by atoms with E-state index in [9.17, 15) is 14.9 Å². The Bertz CT molecular complexity index is 654. The lowest BCUT2D eigenvalue weighted by molar-refractivity contribution is -0.384. The van der Waals surface area contributed by atoms with Gasteiger partial charge in [-0.25, -0.2) is 4.98 Å². The molecule has 0 radical (unpaired) electrons. The van der Waals surface area contributed by atoms with Gasteiger partial charge in [0.25, 0.3) is 11.6 Å². The molecule has 1 aromatic carbocycles. The summed E-state index contributed by atoms with van der Waals surface area (Å²) in [5.41, 5.74) is 6.51. The second kappa shape index (κ2) is 7.62. The van der Waals surface area contributed by atoms with Crippen LogP contribution in [-0.2, 0) is 0 Å². The minimum atomic E-state index is -0.453. The highest BCUT2D eigenvalue weighted by Crippen LogP contribution is 2.25. The molecule has 0 unspecified atom stereocenters.